The van der Waals surface area contributed by atoms with Crippen LogP contribution in [0.2, 0.25) is 0 Å². The van der Waals surface area contributed by atoms with Crippen molar-refractivity contribution in [2.45, 2.75) is 45.4 Å². The van der Waals surface area contributed by atoms with Crippen molar-refractivity contribution in [3.05, 3.63) is 35.4 Å². The highest BCUT2D eigenvalue weighted by Gasteiger charge is 2.23. The zero-order valence-corrected chi connectivity index (χ0v) is 11.9. The van der Waals surface area contributed by atoms with E-state index in [4.69, 9.17) is 0 Å². The van der Waals surface area contributed by atoms with Gasteiger partial charge in [0.15, 0.2) is 0 Å². The van der Waals surface area contributed by atoms with Crippen molar-refractivity contribution in [1.29, 1.82) is 0 Å². The van der Waals surface area contributed by atoms with Crippen molar-refractivity contribution in [2.75, 3.05) is 13.6 Å². The van der Waals surface area contributed by atoms with Crippen LogP contribution in [-0.4, -0.2) is 13.6 Å². The fourth-order valence-corrected chi connectivity index (χ4v) is 3.38. The lowest BCUT2D eigenvalue weighted by Gasteiger charge is -2.25. The van der Waals surface area contributed by atoms with Crippen LogP contribution >= 0.6 is 0 Å². The van der Waals surface area contributed by atoms with Crippen molar-refractivity contribution in [3.63, 3.8) is 0 Å². The maximum atomic E-state index is 3.40. The minimum Gasteiger partial charge on any atom is -0.319 e. The summed E-state index contributed by atoms with van der Waals surface area (Å²) in [6, 6.07) is 8.90. The maximum absolute atomic E-state index is 3.40. The third-order valence-corrected chi connectivity index (χ3v) is 4.53. The largest absolute Gasteiger partial charge is 0.319 e. The van der Waals surface area contributed by atoms with E-state index in [0.29, 0.717) is 0 Å². The minimum absolute atomic E-state index is 0.872. The molecule has 0 bridgehead atoms. The number of benzene rings is 1. The van der Waals surface area contributed by atoms with Crippen molar-refractivity contribution >= 4 is 0 Å². The predicted octanol–water partition coefficient (Wildman–Crippen LogP) is 3.95. The van der Waals surface area contributed by atoms with E-state index in [1.807, 2.05) is 0 Å². The lowest BCUT2D eigenvalue weighted by molar-refractivity contribution is 0.303. The first-order valence-corrected chi connectivity index (χ1v) is 7.50. The van der Waals surface area contributed by atoms with Crippen molar-refractivity contribution < 1.29 is 0 Å². The lowest BCUT2D eigenvalue weighted by atomic mass is 9.82. The van der Waals surface area contributed by atoms with E-state index >= 15 is 0 Å². The predicted molar refractivity (Wildman–Crippen MR) is 78.9 cm³/mol. The van der Waals surface area contributed by atoms with Gasteiger partial charge in [0.05, 0.1) is 0 Å². The third kappa shape index (κ3) is 3.58. The van der Waals surface area contributed by atoms with Crippen LogP contribution in [0.25, 0.3) is 0 Å². The molecule has 1 aliphatic carbocycles. The first kappa shape index (κ1) is 13.6. The van der Waals surface area contributed by atoms with E-state index in [9.17, 15) is 0 Å². The van der Waals surface area contributed by atoms with Gasteiger partial charge in [0.25, 0.3) is 0 Å². The molecule has 2 atom stereocenters. The average molecular weight is 245 g/mol. The van der Waals surface area contributed by atoms with E-state index in [2.05, 4.69) is 43.6 Å². The molecule has 0 radical (unpaired) electrons. The van der Waals surface area contributed by atoms with Gasteiger partial charge in [-0.15, -0.1) is 0 Å². The standard InChI is InChI=1S/C17H27N/c1-14-8-6-7-9-15(14)12-16-10-4-3-5-11-17(16)13-18-2/h6-9,16-18H,3-5,10-13H2,1-2H3. The summed E-state index contributed by atoms with van der Waals surface area (Å²) in [5, 5.41) is 3.40. The number of hydrogen-bond donors (Lipinski definition) is 1. The number of aryl methyl sites for hydroxylation is 1. The molecule has 1 fully saturated rings. The molecule has 2 rings (SSSR count). The van der Waals surface area contributed by atoms with Crippen LogP contribution in [0.4, 0.5) is 0 Å². The summed E-state index contributed by atoms with van der Waals surface area (Å²) >= 11 is 0. The molecular weight excluding hydrogens is 218 g/mol. The Balaban J connectivity index is 2.06. The Hall–Kier alpha value is -0.820. The van der Waals surface area contributed by atoms with Gasteiger partial charge in [-0.2, -0.15) is 0 Å². The number of rotatable bonds is 4. The lowest BCUT2D eigenvalue weighted by Crippen LogP contribution is -2.26. The maximum Gasteiger partial charge on any atom is -0.00208 e. The Bertz CT molecular complexity index is 358. The molecule has 1 saturated carbocycles. The highest BCUT2D eigenvalue weighted by atomic mass is 14.8. The summed E-state index contributed by atoms with van der Waals surface area (Å²) in [6.45, 7) is 3.44. The van der Waals surface area contributed by atoms with Crippen LogP contribution in [0.15, 0.2) is 24.3 Å². The first-order valence-electron chi connectivity index (χ1n) is 7.50. The molecule has 1 aromatic rings. The Morgan fingerprint density at radius 3 is 2.50 bits per heavy atom. The molecule has 0 spiro atoms. The Morgan fingerprint density at radius 1 is 1.06 bits per heavy atom. The average Bonchev–Trinajstić information content (AvgIpc) is 2.59. The fraction of sp³-hybridized carbons (Fsp3) is 0.647. The molecular formula is C17H27N. The van der Waals surface area contributed by atoms with Crippen LogP contribution in [-0.2, 0) is 6.42 Å². The van der Waals surface area contributed by atoms with E-state index in [1.54, 1.807) is 5.56 Å². The summed E-state index contributed by atoms with van der Waals surface area (Å²) < 4.78 is 0. The summed E-state index contributed by atoms with van der Waals surface area (Å²) in [6.07, 6.45) is 8.40. The summed E-state index contributed by atoms with van der Waals surface area (Å²) in [7, 11) is 2.09. The minimum atomic E-state index is 0.872. The molecule has 2 unspecified atom stereocenters. The zero-order valence-electron chi connectivity index (χ0n) is 11.9. The van der Waals surface area contributed by atoms with Crippen molar-refractivity contribution in [1.82, 2.24) is 5.32 Å². The number of nitrogens with one attached hydrogen (secondary N) is 1. The molecule has 0 amide bonds. The molecule has 1 nitrogen and oxygen atoms in total. The third-order valence-electron chi connectivity index (χ3n) is 4.53. The normalized spacial score (nSPS) is 24.8. The zero-order chi connectivity index (χ0) is 12.8. The van der Waals surface area contributed by atoms with Crippen molar-refractivity contribution in [3.8, 4) is 0 Å². The number of hydrogen-bond acceptors (Lipinski definition) is 1. The Labute approximate surface area is 112 Å². The first-order chi connectivity index (χ1) is 8.81. The van der Waals surface area contributed by atoms with Gasteiger partial charge in [-0.25, -0.2) is 0 Å². The fourth-order valence-electron chi connectivity index (χ4n) is 3.38. The quantitative estimate of drug-likeness (QED) is 0.792. The van der Waals surface area contributed by atoms with Gasteiger partial charge in [0.1, 0.15) is 0 Å². The second kappa shape index (κ2) is 6.94. The van der Waals surface area contributed by atoms with Gasteiger partial charge in [-0.1, -0.05) is 43.5 Å². The molecule has 100 valence electrons. The molecule has 1 aliphatic rings. The van der Waals surface area contributed by atoms with Gasteiger partial charge in [-0.3, -0.25) is 0 Å². The molecule has 0 aromatic heterocycles. The second-order valence-corrected chi connectivity index (χ2v) is 5.85. The topological polar surface area (TPSA) is 12.0 Å². The molecule has 1 aromatic carbocycles. The van der Waals surface area contributed by atoms with Gasteiger partial charge < -0.3 is 5.32 Å². The van der Waals surface area contributed by atoms with Crippen LogP contribution in [0.5, 0.6) is 0 Å². The van der Waals surface area contributed by atoms with Gasteiger partial charge in [0, 0.05) is 0 Å². The van der Waals surface area contributed by atoms with Gasteiger partial charge >= 0.3 is 0 Å². The van der Waals surface area contributed by atoms with Crippen LogP contribution < -0.4 is 5.32 Å². The highest BCUT2D eigenvalue weighted by molar-refractivity contribution is 5.26. The van der Waals surface area contributed by atoms with E-state index in [1.165, 1.54) is 50.6 Å². The van der Waals surface area contributed by atoms with Gasteiger partial charge in [-0.05, 0) is 62.7 Å². The second-order valence-electron chi connectivity index (χ2n) is 5.85. The SMILES string of the molecule is CNCC1CCCCCC1Cc1ccccc1C. The smallest absolute Gasteiger partial charge is 0.00208 e. The molecule has 1 heteroatoms. The Kier molecular flexibility index (Phi) is 5.25. The van der Waals surface area contributed by atoms with E-state index in [0.717, 1.165) is 11.8 Å². The molecule has 0 aliphatic heterocycles. The highest BCUT2D eigenvalue weighted by Crippen LogP contribution is 2.31. The molecule has 18 heavy (non-hydrogen) atoms. The summed E-state index contributed by atoms with van der Waals surface area (Å²) in [5.41, 5.74) is 3.02. The summed E-state index contributed by atoms with van der Waals surface area (Å²) in [4.78, 5) is 0. The monoisotopic (exact) mass is 245 g/mol. The van der Waals surface area contributed by atoms with Crippen LogP contribution in [0.3, 0.4) is 0 Å². The van der Waals surface area contributed by atoms with Crippen molar-refractivity contribution in [2.24, 2.45) is 11.8 Å². The molecule has 0 heterocycles. The van der Waals surface area contributed by atoms with E-state index in [-0.39, 0.29) is 0 Å². The molecule has 0 saturated heterocycles. The molecule has 1 N–H and O–H groups in total. The summed E-state index contributed by atoms with van der Waals surface area (Å²) in [5.74, 6) is 1.75. The van der Waals surface area contributed by atoms with Crippen LogP contribution in [0.1, 0.15) is 43.2 Å². The van der Waals surface area contributed by atoms with E-state index < -0.39 is 0 Å². The van der Waals surface area contributed by atoms with Gasteiger partial charge in [0.2, 0.25) is 0 Å². The Morgan fingerprint density at radius 2 is 1.78 bits per heavy atom. The van der Waals surface area contributed by atoms with Crippen LogP contribution in [0, 0.1) is 18.8 Å².